The molecule has 2 aromatic rings. The number of carbonyl (C=O) groups excluding carboxylic acids is 1. The zero-order chi connectivity index (χ0) is 18.9. The molecule has 0 saturated carbocycles. The maximum Gasteiger partial charge on any atom is 0.256 e. The first kappa shape index (κ1) is 18.7. The van der Waals surface area contributed by atoms with Crippen LogP contribution in [0, 0.1) is 17.5 Å². The van der Waals surface area contributed by atoms with Crippen LogP contribution in [0.25, 0.3) is 0 Å². The number of amides is 1. The number of hydrogen-bond donors (Lipinski definition) is 2. The van der Waals surface area contributed by atoms with E-state index in [1.165, 1.54) is 6.07 Å². The first-order valence-corrected chi connectivity index (χ1v) is 9.89. The molecular weight excluding hydrogens is 391 g/mol. The van der Waals surface area contributed by atoms with Gasteiger partial charge >= 0.3 is 0 Å². The molecule has 1 saturated heterocycles. The van der Waals surface area contributed by atoms with E-state index < -0.39 is 45.1 Å². The highest BCUT2D eigenvalue weighted by Crippen LogP contribution is 2.28. The van der Waals surface area contributed by atoms with Crippen LogP contribution in [0.1, 0.15) is 12.8 Å². The highest BCUT2D eigenvalue weighted by Gasteiger charge is 2.40. The SMILES string of the molecule is O=C(NNc1ccc(F)c(F)c1F)C1CCCN1S(=O)(=O)c1cccs1. The molecule has 0 bridgehead atoms. The number of benzene rings is 1. The van der Waals surface area contributed by atoms with Gasteiger partial charge in [0.15, 0.2) is 17.5 Å². The van der Waals surface area contributed by atoms with Crippen LogP contribution in [0.4, 0.5) is 18.9 Å². The molecule has 0 aliphatic carbocycles. The van der Waals surface area contributed by atoms with E-state index in [2.05, 4.69) is 10.9 Å². The van der Waals surface area contributed by atoms with Crippen molar-refractivity contribution in [1.29, 1.82) is 0 Å². The number of halogens is 3. The number of rotatable bonds is 5. The van der Waals surface area contributed by atoms with Crippen molar-refractivity contribution in [3.8, 4) is 0 Å². The highest BCUT2D eigenvalue weighted by atomic mass is 32.2. The molecule has 11 heteroatoms. The van der Waals surface area contributed by atoms with Crippen LogP contribution in [0.2, 0.25) is 0 Å². The van der Waals surface area contributed by atoms with Crippen molar-refractivity contribution >= 4 is 33.0 Å². The lowest BCUT2D eigenvalue weighted by molar-refractivity contribution is -0.123. The molecule has 1 atom stereocenters. The lowest BCUT2D eigenvalue weighted by atomic mass is 10.2. The molecule has 1 amide bonds. The van der Waals surface area contributed by atoms with Gasteiger partial charge < -0.3 is 0 Å². The van der Waals surface area contributed by atoms with Gasteiger partial charge in [-0.25, -0.2) is 21.6 Å². The van der Waals surface area contributed by atoms with E-state index in [4.69, 9.17) is 0 Å². The molecule has 140 valence electrons. The predicted molar refractivity (Wildman–Crippen MR) is 89.3 cm³/mol. The molecule has 3 rings (SSSR count). The number of carbonyl (C=O) groups is 1. The highest BCUT2D eigenvalue weighted by molar-refractivity contribution is 7.91. The topological polar surface area (TPSA) is 78.5 Å². The van der Waals surface area contributed by atoms with Gasteiger partial charge in [-0.2, -0.15) is 4.31 Å². The maximum atomic E-state index is 13.6. The number of anilines is 1. The fraction of sp³-hybridized carbons (Fsp3) is 0.267. The smallest absolute Gasteiger partial charge is 0.256 e. The minimum atomic E-state index is -3.81. The number of sulfonamides is 1. The first-order chi connectivity index (χ1) is 12.3. The van der Waals surface area contributed by atoms with E-state index >= 15 is 0 Å². The van der Waals surface area contributed by atoms with Gasteiger partial charge in [0.2, 0.25) is 0 Å². The lowest BCUT2D eigenvalue weighted by Gasteiger charge is -2.23. The van der Waals surface area contributed by atoms with Crippen molar-refractivity contribution in [2.24, 2.45) is 0 Å². The van der Waals surface area contributed by atoms with Crippen molar-refractivity contribution in [3.63, 3.8) is 0 Å². The molecule has 1 aromatic heterocycles. The van der Waals surface area contributed by atoms with Crippen molar-refractivity contribution < 1.29 is 26.4 Å². The molecule has 0 spiro atoms. The van der Waals surface area contributed by atoms with Gasteiger partial charge in [-0.15, -0.1) is 11.3 Å². The Kier molecular flexibility index (Phi) is 5.21. The van der Waals surface area contributed by atoms with Crippen LogP contribution >= 0.6 is 11.3 Å². The number of nitrogens with one attached hydrogen (secondary N) is 2. The molecule has 1 fully saturated rings. The van der Waals surface area contributed by atoms with Crippen LogP contribution < -0.4 is 10.9 Å². The van der Waals surface area contributed by atoms with Gasteiger partial charge in [0.05, 0.1) is 5.69 Å². The molecule has 26 heavy (non-hydrogen) atoms. The molecule has 0 radical (unpaired) electrons. The number of nitrogens with zero attached hydrogens (tertiary/aromatic N) is 1. The fourth-order valence-electron chi connectivity index (χ4n) is 2.65. The zero-order valence-electron chi connectivity index (χ0n) is 13.2. The van der Waals surface area contributed by atoms with E-state index in [0.717, 1.165) is 21.7 Å². The van der Waals surface area contributed by atoms with Gasteiger partial charge in [0.1, 0.15) is 10.3 Å². The van der Waals surface area contributed by atoms with E-state index in [9.17, 15) is 26.4 Å². The Morgan fingerprint density at radius 3 is 2.65 bits per heavy atom. The fourth-order valence-corrected chi connectivity index (χ4v) is 5.43. The molecule has 1 unspecified atom stereocenters. The van der Waals surface area contributed by atoms with Gasteiger partial charge in [0.25, 0.3) is 15.9 Å². The summed E-state index contributed by atoms with van der Waals surface area (Å²) >= 11 is 1.04. The zero-order valence-corrected chi connectivity index (χ0v) is 14.8. The van der Waals surface area contributed by atoms with Crippen LogP contribution in [0.5, 0.6) is 0 Å². The largest absolute Gasteiger partial charge is 0.295 e. The second-order valence-corrected chi connectivity index (χ2v) is 8.61. The van der Waals surface area contributed by atoms with E-state index in [1.807, 2.05) is 0 Å². The second-order valence-electron chi connectivity index (χ2n) is 5.54. The Bertz CT molecular complexity index is 920. The second kappa shape index (κ2) is 7.25. The summed E-state index contributed by atoms with van der Waals surface area (Å²) in [5, 5.41) is 1.62. The molecule has 2 heterocycles. The predicted octanol–water partition coefficient (Wildman–Crippen LogP) is 2.46. The number of hydrogen-bond acceptors (Lipinski definition) is 5. The molecule has 2 N–H and O–H groups in total. The van der Waals surface area contributed by atoms with Crippen LogP contribution in [0.3, 0.4) is 0 Å². The Hall–Kier alpha value is -2.11. The third-order valence-corrected chi connectivity index (χ3v) is 7.20. The minimum absolute atomic E-state index is 0.122. The molecule has 1 aliphatic heterocycles. The van der Waals surface area contributed by atoms with Gasteiger partial charge in [-0.05, 0) is 36.4 Å². The molecular formula is C15H14F3N3O3S2. The van der Waals surface area contributed by atoms with Crippen LogP contribution in [-0.4, -0.2) is 31.2 Å². The summed E-state index contributed by atoms with van der Waals surface area (Å²) in [4.78, 5) is 12.3. The van der Waals surface area contributed by atoms with E-state index in [1.54, 1.807) is 11.4 Å². The number of hydrazine groups is 1. The summed E-state index contributed by atoms with van der Waals surface area (Å²) in [6.45, 7) is 0.178. The number of thiophene rings is 1. The summed E-state index contributed by atoms with van der Waals surface area (Å²) in [6.07, 6.45) is 0.778. The van der Waals surface area contributed by atoms with E-state index in [0.29, 0.717) is 18.9 Å². The Morgan fingerprint density at radius 1 is 1.19 bits per heavy atom. The minimum Gasteiger partial charge on any atom is -0.295 e. The van der Waals surface area contributed by atoms with Crippen LogP contribution in [-0.2, 0) is 14.8 Å². The Balaban J connectivity index is 1.73. The third kappa shape index (κ3) is 3.41. The normalized spacial score (nSPS) is 18.0. The molecule has 1 aliphatic rings. The van der Waals surface area contributed by atoms with Crippen molar-refractivity contribution in [2.45, 2.75) is 23.1 Å². The lowest BCUT2D eigenvalue weighted by Crippen LogP contribution is -2.47. The van der Waals surface area contributed by atoms with Gasteiger partial charge in [0, 0.05) is 6.54 Å². The molecule has 1 aromatic carbocycles. The van der Waals surface area contributed by atoms with Crippen molar-refractivity contribution in [3.05, 3.63) is 47.1 Å². The first-order valence-electron chi connectivity index (χ1n) is 7.57. The summed E-state index contributed by atoms with van der Waals surface area (Å²) in [7, 11) is -3.81. The van der Waals surface area contributed by atoms with Gasteiger partial charge in [-0.1, -0.05) is 6.07 Å². The third-order valence-electron chi connectivity index (χ3n) is 3.92. The van der Waals surface area contributed by atoms with Crippen molar-refractivity contribution in [1.82, 2.24) is 9.73 Å². The van der Waals surface area contributed by atoms with E-state index in [-0.39, 0.29) is 10.8 Å². The summed E-state index contributed by atoms with van der Waals surface area (Å²) in [6, 6.07) is 3.68. The van der Waals surface area contributed by atoms with Gasteiger partial charge in [-0.3, -0.25) is 15.6 Å². The molecule has 6 nitrogen and oxygen atoms in total. The van der Waals surface area contributed by atoms with Crippen LogP contribution in [0.15, 0.2) is 33.9 Å². The maximum absolute atomic E-state index is 13.6. The quantitative estimate of drug-likeness (QED) is 0.592. The Morgan fingerprint density at radius 2 is 1.96 bits per heavy atom. The standard InChI is InChI=1S/C15H14F3N3O3S2/c16-9-5-6-10(14(18)13(9)17)19-20-15(22)11-3-1-7-21(11)26(23,24)12-4-2-8-25-12/h2,4-6,8,11,19H,1,3,7H2,(H,20,22). The average Bonchev–Trinajstić information content (AvgIpc) is 3.30. The summed E-state index contributed by atoms with van der Waals surface area (Å²) in [5.41, 5.74) is 3.85. The monoisotopic (exact) mass is 405 g/mol. The van der Waals surface area contributed by atoms with Crippen molar-refractivity contribution in [2.75, 3.05) is 12.0 Å². The Labute approximate surface area is 151 Å². The summed E-state index contributed by atoms with van der Waals surface area (Å²) < 4.78 is 66.1. The average molecular weight is 405 g/mol. The summed E-state index contributed by atoms with van der Waals surface area (Å²) in [5.74, 6) is -5.23.